The normalized spacial score (nSPS) is 16.2. The standard InChI is InChI=1S/C23H24Cl2N2O5S/c1-14(28)27-13-33-12-21(27)22(29)26-20(23(30)31-2)10-15-6-8-16(9-7-15)32-11-17-18(24)4-3-5-19(17)25/h3-9,20-21H,10-13H2,1-2H3,(H,26,29)/t20-,21+/m0/s1. The molecule has 2 aromatic rings. The van der Waals surface area contributed by atoms with Crippen molar-refractivity contribution in [2.24, 2.45) is 0 Å². The van der Waals surface area contributed by atoms with Crippen molar-refractivity contribution < 1.29 is 23.9 Å². The van der Waals surface area contributed by atoms with Crippen LogP contribution in [-0.2, 0) is 32.1 Å². The summed E-state index contributed by atoms with van der Waals surface area (Å²) in [6.07, 6.45) is 0.231. The van der Waals surface area contributed by atoms with E-state index in [0.29, 0.717) is 33.0 Å². The molecule has 7 nitrogen and oxygen atoms in total. The summed E-state index contributed by atoms with van der Waals surface area (Å²) >= 11 is 13.8. The molecule has 1 N–H and O–H groups in total. The van der Waals surface area contributed by atoms with Crippen molar-refractivity contribution in [1.29, 1.82) is 0 Å². The quantitative estimate of drug-likeness (QED) is 0.545. The number of amides is 2. The zero-order valence-corrected chi connectivity index (χ0v) is 20.5. The average molecular weight is 511 g/mol. The molecule has 1 aliphatic heterocycles. The molecule has 0 aromatic heterocycles. The average Bonchev–Trinajstić information content (AvgIpc) is 3.29. The van der Waals surface area contributed by atoms with Gasteiger partial charge >= 0.3 is 5.97 Å². The van der Waals surface area contributed by atoms with Crippen LogP contribution in [0, 0.1) is 0 Å². The Kier molecular flexibility index (Phi) is 8.88. The second kappa shape index (κ2) is 11.6. The molecular weight excluding hydrogens is 487 g/mol. The van der Waals surface area contributed by atoms with Gasteiger partial charge in [0.15, 0.2) is 0 Å². The molecule has 3 rings (SSSR count). The van der Waals surface area contributed by atoms with Crippen LogP contribution in [0.5, 0.6) is 5.75 Å². The first-order valence-corrected chi connectivity index (χ1v) is 12.1. The molecule has 10 heteroatoms. The lowest BCUT2D eigenvalue weighted by Gasteiger charge is -2.24. The number of hydrogen-bond donors (Lipinski definition) is 1. The molecular formula is C23H24Cl2N2O5S. The van der Waals surface area contributed by atoms with Crippen LogP contribution >= 0.6 is 35.0 Å². The third kappa shape index (κ3) is 6.56. The van der Waals surface area contributed by atoms with Crippen molar-refractivity contribution in [2.45, 2.75) is 32.0 Å². The van der Waals surface area contributed by atoms with E-state index in [1.807, 2.05) is 0 Å². The summed E-state index contributed by atoms with van der Waals surface area (Å²) in [6.45, 7) is 1.64. The maximum Gasteiger partial charge on any atom is 0.328 e. The summed E-state index contributed by atoms with van der Waals surface area (Å²) in [5, 5.41) is 3.79. The lowest BCUT2D eigenvalue weighted by Crippen LogP contribution is -2.52. The van der Waals surface area contributed by atoms with Crippen LogP contribution in [-0.4, -0.2) is 53.5 Å². The molecule has 1 heterocycles. The molecule has 33 heavy (non-hydrogen) atoms. The zero-order valence-electron chi connectivity index (χ0n) is 18.2. The van der Waals surface area contributed by atoms with E-state index in [-0.39, 0.29) is 24.8 Å². The number of halogens is 2. The predicted octanol–water partition coefficient (Wildman–Crippen LogP) is 3.69. The number of carbonyl (C=O) groups excluding carboxylic acids is 3. The first-order valence-electron chi connectivity index (χ1n) is 10.2. The van der Waals surface area contributed by atoms with Gasteiger partial charge in [-0.2, -0.15) is 0 Å². The fourth-order valence-corrected chi connectivity index (χ4v) is 5.08. The lowest BCUT2D eigenvalue weighted by atomic mass is 10.1. The molecule has 2 aromatic carbocycles. The van der Waals surface area contributed by atoms with E-state index in [1.165, 1.54) is 30.7 Å². The number of ether oxygens (including phenoxy) is 2. The Hall–Kier alpha value is -2.42. The van der Waals surface area contributed by atoms with Gasteiger partial charge in [0.25, 0.3) is 0 Å². The minimum atomic E-state index is -0.879. The summed E-state index contributed by atoms with van der Waals surface area (Å²) in [4.78, 5) is 38.3. The minimum absolute atomic E-state index is 0.177. The monoisotopic (exact) mass is 510 g/mol. The van der Waals surface area contributed by atoms with E-state index in [1.54, 1.807) is 42.5 Å². The van der Waals surface area contributed by atoms with Gasteiger partial charge in [0.2, 0.25) is 11.8 Å². The fraction of sp³-hybridized carbons (Fsp3) is 0.348. The molecule has 0 radical (unpaired) electrons. The molecule has 1 saturated heterocycles. The van der Waals surface area contributed by atoms with E-state index < -0.39 is 18.1 Å². The Labute approximate surface area is 206 Å². The van der Waals surface area contributed by atoms with Crippen LogP contribution in [0.4, 0.5) is 0 Å². The summed E-state index contributed by atoms with van der Waals surface area (Å²) in [5.74, 6) is 0.439. The first-order chi connectivity index (χ1) is 15.8. The van der Waals surface area contributed by atoms with Crippen molar-refractivity contribution in [3.05, 3.63) is 63.6 Å². The highest BCUT2D eigenvalue weighted by Gasteiger charge is 2.35. The molecule has 0 saturated carbocycles. The topological polar surface area (TPSA) is 84.9 Å². The van der Waals surface area contributed by atoms with Crippen molar-refractivity contribution >= 4 is 52.7 Å². The SMILES string of the molecule is COC(=O)[C@H](Cc1ccc(OCc2c(Cl)cccc2Cl)cc1)NC(=O)[C@H]1CSCN1C(C)=O. The van der Waals surface area contributed by atoms with E-state index in [0.717, 1.165) is 5.56 Å². The van der Waals surface area contributed by atoms with Crippen LogP contribution in [0.1, 0.15) is 18.1 Å². The van der Waals surface area contributed by atoms with Crippen molar-refractivity contribution in [3.63, 3.8) is 0 Å². The van der Waals surface area contributed by atoms with Crippen molar-refractivity contribution in [1.82, 2.24) is 10.2 Å². The van der Waals surface area contributed by atoms with Gasteiger partial charge in [0, 0.05) is 34.7 Å². The molecule has 176 valence electrons. The van der Waals surface area contributed by atoms with Gasteiger partial charge in [-0.3, -0.25) is 9.59 Å². The molecule has 0 unspecified atom stereocenters. The summed E-state index contributed by atoms with van der Waals surface area (Å²) in [5.41, 5.74) is 1.50. The molecule has 1 fully saturated rings. The Bertz CT molecular complexity index is 998. The highest BCUT2D eigenvalue weighted by Crippen LogP contribution is 2.26. The smallest absolute Gasteiger partial charge is 0.328 e. The van der Waals surface area contributed by atoms with Gasteiger partial charge in [0.1, 0.15) is 24.4 Å². The molecule has 0 spiro atoms. The number of hydrogen-bond acceptors (Lipinski definition) is 6. The number of nitrogens with one attached hydrogen (secondary N) is 1. The maximum absolute atomic E-state index is 12.7. The first kappa shape index (κ1) is 25.2. The van der Waals surface area contributed by atoms with Gasteiger partial charge in [-0.25, -0.2) is 4.79 Å². The number of nitrogens with zero attached hydrogens (tertiary/aromatic N) is 1. The second-order valence-corrected chi connectivity index (χ2v) is 9.24. The van der Waals surface area contributed by atoms with Crippen molar-refractivity contribution in [2.75, 3.05) is 18.7 Å². The third-order valence-corrected chi connectivity index (χ3v) is 6.92. The molecule has 0 bridgehead atoms. The van der Waals surface area contributed by atoms with Gasteiger partial charge in [-0.1, -0.05) is 41.4 Å². The largest absolute Gasteiger partial charge is 0.489 e. The fourth-order valence-electron chi connectivity index (χ4n) is 3.36. The predicted molar refractivity (Wildman–Crippen MR) is 129 cm³/mol. The minimum Gasteiger partial charge on any atom is -0.489 e. The van der Waals surface area contributed by atoms with Crippen LogP contribution < -0.4 is 10.1 Å². The zero-order chi connectivity index (χ0) is 24.0. The summed E-state index contributed by atoms with van der Waals surface area (Å²) in [7, 11) is 1.27. The summed E-state index contributed by atoms with van der Waals surface area (Å²) in [6, 6.07) is 10.9. The van der Waals surface area contributed by atoms with Crippen LogP contribution in [0.25, 0.3) is 0 Å². The van der Waals surface area contributed by atoms with Crippen LogP contribution in [0.2, 0.25) is 10.0 Å². The van der Waals surface area contributed by atoms with E-state index in [4.69, 9.17) is 32.7 Å². The number of carbonyl (C=O) groups is 3. The number of benzene rings is 2. The van der Waals surface area contributed by atoms with E-state index >= 15 is 0 Å². The summed E-state index contributed by atoms with van der Waals surface area (Å²) < 4.78 is 10.6. The van der Waals surface area contributed by atoms with Gasteiger partial charge in [0.05, 0.1) is 13.0 Å². The molecule has 1 aliphatic rings. The number of esters is 1. The van der Waals surface area contributed by atoms with Crippen molar-refractivity contribution in [3.8, 4) is 5.75 Å². The highest BCUT2D eigenvalue weighted by atomic mass is 35.5. The van der Waals surface area contributed by atoms with Gasteiger partial charge in [-0.05, 0) is 29.8 Å². The van der Waals surface area contributed by atoms with Gasteiger partial charge < -0.3 is 19.7 Å². The highest BCUT2D eigenvalue weighted by molar-refractivity contribution is 7.99. The van der Waals surface area contributed by atoms with Crippen LogP contribution in [0.15, 0.2) is 42.5 Å². The van der Waals surface area contributed by atoms with Gasteiger partial charge in [-0.15, -0.1) is 11.8 Å². The number of methoxy groups -OCH3 is 1. The number of thioether (sulfide) groups is 1. The molecule has 0 aliphatic carbocycles. The van der Waals surface area contributed by atoms with E-state index in [2.05, 4.69) is 5.32 Å². The Morgan fingerprint density at radius 1 is 1.15 bits per heavy atom. The Balaban J connectivity index is 1.63. The van der Waals surface area contributed by atoms with Crippen LogP contribution in [0.3, 0.4) is 0 Å². The molecule has 2 atom stereocenters. The number of rotatable bonds is 8. The molecule has 2 amide bonds. The Morgan fingerprint density at radius 2 is 1.82 bits per heavy atom. The second-order valence-electron chi connectivity index (χ2n) is 7.43. The Morgan fingerprint density at radius 3 is 2.42 bits per heavy atom. The third-order valence-electron chi connectivity index (χ3n) is 5.20. The maximum atomic E-state index is 12.7. The van der Waals surface area contributed by atoms with E-state index in [9.17, 15) is 14.4 Å². The lowest BCUT2D eigenvalue weighted by molar-refractivity contribution is -0.146.